The van der Waals surface area contributed by atoms with Gasteiger partial charge in [0.1, 0.15) is 0 Å². The quantitative estimate of drug-likeness (QED) is 0.471. The Balaban J connectivity index is 2.65. The number of rotatable bonds is 7. The second kappa shape index (κ2) is 10.2. The van der Waals surface area contributed by atoms with Crippen LogP contribution in [0.25, 0.3) is 0 Å². The highest BCUT2D eigenvalue weighted by Crippen LogP contribution is 2.15. The van der Waals surface area contributed by atoms with Gasteiger partial charge in [-0.15, -0.1) is 11.8 Å². The Morgan fingerprint density at radius 3 is 2.39 bits per heavy atom. The minimum absolute atomic E-state index is 0.0971. The summed E-state index contributed by atoms with van der Waals surface area (Å²) in [5.74, 6) is 0.924. The summed E-state index contributed by atoms with van der Waals surface area (Å²) in [6.07, 6.45) is 2.50. The monoisotopic (exact) mass is 336 g/mol. The van der Waals surface area contributed by atoms with Crippen LogP contribution in [0.1, 0.15) is 18.9 Å². The summed E-state index contributed by atoms with van der Waals surface area (Å²) >= 11 is 1.74. The first kappa shape index (κ1) is 19.4. The van der Waals surface area contributed by atoms with E-state index in [2.05, 4.69) is 45.7 Å². The molecule has 0 atom stereocenters. The van der Waals surface area contributed by atoms with E-state index >= 15 is 0 Å². The molecule has 6 heteroatoms. The van der Waals surface area contributed by atoms with Crippen molar-refractivity contribution in [3.63, 3.8) is 0 Å². The summed E-state index contributed by atoms with van der Waals surface area (Å²) in [5.41, 5.74) is 1.24. The third-order valence-electron chi connectivity index (χ3n) is 3.36. The van der Waals surface area contributed by atoms with Crippen molar-refractivity contribution in [3.8, 4) is 0 Å². The van der Waals surface area contributed by atoms with E-state index in [0.29, 0.717) is 13.0 Å². The fraction of sp³-hybridized carbons (Fsp3) is 0.529. The summed E-state index contributed by atoms with van der Waals surface area (Å²) < 4.78 is 0. The Labute approximate surface area is 144 Å². The fourth-order valence-electron chi connectivity index (χ4n) is 2.03. The van der Waals surface area contributed by atoms with Crippen molar-refractivity contribution in [2.24, 2.45) is 4.99 Å². The standard InChI is InChI=1S/C17H28N4OS/c1-6-18-17(19-12-11-16(22)20(2)3)21(4)13-14-7-9-15(23-5)10-8-14/h7-10H,6,11-13H2,1-5H3,(H,18,19). The Bertz CT molecular complexity index is 514. The molecule has 0 aliphatic carbocycles. The highest BCUT2D eigenvalue weighted by Gasteiger charge is 2.08. The second-order valence-electron chi connectivity index (χ2n) is 5.48. The fourth-order valence-corrected chi connectivity index (χ4v) is 2.44. The second-order valence-corrected chi connectivity index (χ2v) is 6.36. The molecule has 0 fully saturated rings. The topological polar surface area (TPSA) is 47.9 Å². The van der Waals surface area contributed by atoms with Crippen LogP contribution in [-0.4, -0.2) is 62.2 Å². The molecule has 0 saturated heterocycles. The van der Waals surface area contributed by atoms with Gasteiger partial charge in [0, 0.05) is 45.5 Å². The van der Waals surface area contributed by atoms with Crippen molar-refractivity contribution in [1.82, 2.24) is 15.1 Å². The van der Waals surface area contributed by atoms with Gasteiger partial charge in [-0.05, 0) is 30.9 Å². The van der Waals surface area contributed by atoms with Crippen LogP contribution in [0.2, 0.25) is 0 Å². The van der Waals surface area contributed by atoms with Crippen LogP contribution >= 0.6 is 11.8 Å². The molecule has 0 saturated carbocycles. The molecule has 1 aromatic rings. The molecule has 0 bridgehead atoms. The van der Waals surface area contributed by atoms with Gasteiger partial charge in [-0.1, -0.05) is 12.1 Å². The zero-order valence-electron chi connectivity index (χ0n) is 14.8. The summed E-state index contributed by atoms with van der Waals surface area (Å²) in [6.45, 7) is 4.12. The molecule has 1 amide bonds. The minimum atomic E-state index is 0.0971. The van der Waals surface area contributed by atoms with Gasteiger partial charge in [0.15, 0.2) is 5.96 Å². The molecule has 0 unspecified atom stereocenters. The number of amides is 1. The van der Waals surface area contributed by atoms with E-state index in [1.54, 1.807) is 30.8 Å². The number of aliphatic imine (C=N–C) groups is 1. The minimum Gasteiger partial charge on any atom is -0.357 e. The van der Waals surface area contributed by atoms with Crippen molar-refractivity contribution in [1.29, 1.82) is 0 Å². The van der Waals surface area contributed by atoms with E-state index in [-0.39, 0.29) is 5.91 Å². The molecule has 0 radical (unpaired) electrons. The third kappa shape index (κ3) is 6.95. The molecule has 0 spiro atoms. The molecule has 1 aromatic carbocycles. The molecule has 23 heavy (non-hydrogen) atoms. The number of hydrogen-bond donors (Lipinski definition) is 1. The molecule has 1 rings (SSSR count). The molecule has 0 heterocycles. The van der Waals surface area contributed by atoms with Crippen molar-refractivity contribution >= 4 is 23.6 Å². The number of benzene rings is 1. The first-order chi connectivity index (χ1) is 11.0. The number of nitrogens with one attached hydrogen (secondary N) is 1. The molecular weight excluding hydrogens is 308 g/mol. The number of carbonyl (C=O) groups is 1. The van der Waals surface area contributed by atoms with Crippen LogP contribution in [0.5, 0.6) is 0 Å². The first-order valence-corrected chi connectivity index (χ1v) is 9.03. The normalized spacial score (nSPS) is 11.3. The molecule has 0 aliphatic heterocycles. The van der Waals surface area contributed by atoms with E-state index in [1.165, 1.54) is 10.5 Å². The predicted octanol–water partition coefficient (Wildman–Crippen LogP) is 2.28. The lowest BCUT2D eigenvalue weighted by atomic mass is 10.2. The maximum atomic E-state index is 11.6. The third-order valence-corrected chi connectivity index (χ3v) is 4.10. The van der Waals surface area contributed by atoms with E-state index in [4.69, 9.17) is 0 Å². The molecule has 1 N–H and O–H groups in total. The number of hydrogen-bond acceptors (Lipinski definition) is 3. The van der Waals surface area contributed by atoms with E-state index in [0.717, 1.165) is 19.0 Å². The SMILES string of the molecule is CCNC(=NCCC(=O)N(C)C)N(C)Cc1ccc(SC)cc1. The Morgan fingerprint density at radius 2 is 1.87 bits per heavy atom. The van der Waals surface area contributed by atoms with Crippen molar-refractivity contribution in [3.05, 3.63) is 29.8 Å². The van der Waals surface area contributed by atoms with Gasteiger partial charge in [0.2, 0.25) is 5.91 Å². The first-order valence-electron chi connectivity index (χ1n) is 7.80. The molecule has 5 nitrogen and oxygen atoms in total. The van der Waals surface area contributed by atoms with Crippen LogP contribution in [0.4, 0.5) is 0 Å². The molecular formula is C17H28N4OS. The number of nitrogens with zero attached hydrogens (tertiary/aromatic N) is 3. The summed E-state index contributed by atoms with van der Waals surface area (Å²) in [6, 6.07) is 8.55. The average Bonchev–Trinajstić information content (AvgIpc) is 2.54. The van der Waals surface area contributed by atoms with Gasteiger partial charge in [0.05, 0.1) is 6.54 Å². The number of guanidine groups is 1. The van der Waals surface area contributed by atoms with Crippen LogP contribution in [0.15, 0.2) is 34.2 Å². The van der Waals surface area contributed by atoms with Crippen LogP contribution in [0, 0.1) is 0 Å². The largest absolute Gasteiger partial charge is 0.357 e. The van der Waals surface area contributed by atoms with Gasteiger partial charge in [-0.3, -0.25) is 9.79 Å². The van der Waals surface area contributed by atoms with Gasteiger partial charge in [-0.2, -0.15) is 0 Å². The summed E-state index contributed by atoms with van der Waals surface area (Å²) in [7, 11) is 5.54. The lowest BCUT2D eigenvalue weighted by molar-refractivity contribution is -0.128. The van der Waals surface area contributed by atoms with E-state index in [9.17, 15) is 4.79 Å². The Hall–Kier alpha value is -1.69. The smallest absolute Gasteiger partial charge is 0.223 e. The zero-order chi connectivity index (χ0) is 17.2. The predicted molar refractivity (Wildman–Crippen MR) is 99.0 cm³/mol. The Morgan fingerprint density at radius 1 is 1.22 bits per heavy atom. The lowest BCUT2D eigenvalue weighted by Crippen LogP contribution is -2.38. The zero-order valence-corrected chi connectivity index (χ0v) is 15.6. The summed E-state index contributed by atoms with van der Waals surface area (Å²) in [4.78, 5) is 21.1. The number of thioether (sulfide) groups is 1. The number of carbonyl (C=O) groups excluding carboxylic acids is 1. The van der Waals surface area contributed by atoms with E-state index in [1.807, 2.05) is 14.0 Å². The average molecular weight is 337 g/mol. The van der Waals surface area contributed by atoms with Crippen molar-refractivity contribution in [2.75, 3.05) is 40.5 Å². The van der Waals surface area contributed by atoms with Crippen LogP contribution in [-0.2, 0) is 11.3 Å². The van der Waals surface area contributed by atoms with Gasteiger partial charge >= 0.3 is 0 Å². The molecule has 0 aliphatic rings. The maximum absolute atomic E-state index is 11.6. The highest BCUT2D eigenvalue weighted by atomic mass is 32.2. The molecule has 128 valence electrons. The lowest BCUT2D eigenvalue weighted by Gasteiger charge is -2.22. The Kier molecular flexibility index (Phi) is 8.55. The van der Waals surface area contributed by atoms with E-state index < -0.39 is 0 Å². The summed E-state index contributed by atoms with van der Waals surface area (Å²) in [5, 5.41) is 3.28. The molecule has 0 aromatic heterocycles. The van der Waals surface area contributed by atoms with Crippen LogP contribution < -0.4 is 5.32 Å². The highest BCUT2D eigenvalue weighted by molar-refractivity contribution is 7.98. The maximum Gasteiger partial charge on any atom is 0.223 e. The van der Waals surface area contributed by atoms with Gasteiger partial charge in [0.25, 0.3) is 0 Å². The van der Waals surface area contributed by atoms with Gasteiger partial charge < -0.3 is 15.1 Å². The van der Waals surface area contributed by atoms with Crippen molar-refractivity contribution in [2.45, 2.75) is 24.8 Å². The van der Waals surface area contributed by atoms with Crippen molar-refractivity contribution < 1.29 is 4.79 Å². The van der Waals surface area contributed by atoms with Gasteiger partial charge in [-0.25, -0.2) is 0 Å². The van der Waals surface area contributed by atoms with Crippen LogP contribution in [0.3, 0.4) is 0 Å².